The largest absolute Gasteiger partial charge is 0.321 e. The number of benzene rings is 1. The van der Waals surface area contributed by atoms with Gasteiger partial charge in [0.1, 0.15) is 5.69 Å². The monoisotopic (exact) mass is 355 g/mol. The molecule has 25 heavy (non-hydrogen) atoms. The van der Waals surface area contributed by atoms with Crippen LogP contribution in [0.2, 0.25) is 0 Å². The summed E-state index contributed by atoms with van der Waals surface area (Å²) in [6.45, 7) is 4.33. The van der Waals surface area contributed by atoms with Gasteiger partial charge in [-0.05, 0) is 55.3 Å². The molecule has 1 aromatic carbocycles. The topological polar surface area (TPSA) is 29.1 Å². The summed E-state index contributed by atoms with van der Waals surface area (Å²) in [5.74, 6) is -6.26. The molecule has 136 valence electrons. The average molecular weight is 355 g/mol. The summed E-state index contributed by atoms with van der Waals surface area (Å²) in [7, 11) is 0. The zero-order valence-electron chi connectivity index (χ0n) is 14.3. The molecule has 4 aliphatic rings. The minimum Gasteiger partial charge on any atom is -0.321 e. The number of halogens is 4. The van der Waals surface area contributed by atoms with Crippen LogP contribution in [0.5, 0.6) is 0 Å². The van der Waals surface area contributed by atoms with E-state index in [9.17, 15) is 22.4 Å². The molecule has 0 spiro atoms. The van der Waals surface area contributed by atoms with Gasteiger partial charge in [0.05, 0.1) is 5.41 Å². The van der Waals surface area contributed by atoms with Crippen molar-refractivity contribution in [1.82, 2.24) is 0 Å². The highest BCUT2D eigenvalue weighted by atomic mass is 19.2. The van der Waals surface area contributed by atoms with Crippen molar-refractivity contribution in [3.8, 4) is 0 Å². The Morgan fingerprint density at radius 3 is 1.96 bits per heavy atom. The Bertz CT molecular complexity index is 733. The third-order valence-electron chi connectivity index (χ3n) is 6.46. The van der Waals surface area contributed by atoms with Gasteiger partial charge in [-0.15, -0.1) is 0 Å². The lowest BCUT2D eigenvalue weighted by atomic mass is 9.40. The standard InChI is InChI=1S/C19H21F4NO/c1-17-4-10-5-18(2,7-17)9-19(6-10,8-17)16(25)24-15-13(22)11(20)3-12(21)14(15)23/h3,10H,4-9H2,1-2H3,(H,24,25). The normalized spacial score (nSPS) is 38.9. The van der Waals surface area contributed by atoms with E-state index >= 15 is 0 Å². The zero-order chi connectivity index (χ0) is 18.2. The van der Waals surface area contributed by atoms with Crippen molar-refractivity contribution >= 4 is 11.6 Å². The van der Waals surface area contributed by atoms with E-state index in [-0.39, 0.29) is 16.9 Å². The maximum absolute atomic E-state index is 13.9. The second kappa shape index (κ2) is 4.98. The summed E-state index contributed by atoms with van der Waals surface area (Å²) in [4.78, 5) is 13.0. The van der Waals surface area contributed by atoms with Crippen LogP contribution < -0.4 is 5.32 Å². The van der Waals surface area contributed by atoms with Crippen LogP contribution in [0, 0.1) is 45.4 Å². The SMILES string of the molecule is CC12CC3CC(C)(C1)CC(C(=O)Nc1c(F)c(F)cc(F)c1F)(C3)C2. The third-order valence-corrected chi connectivity index (χ3v) is 6.46. The van der Waals surface area contributed by atoms with Gasteiger partial charge < -0.3 is 5.32 Å². The summed E-state index contributed by atoms with van der Waals surface area (Å²) in [5, 5.41) is 2.18. The van der Waals surface area contributed by atoms with E-state index in [0.29, 0.717) is 25.2 Å². The van der Waals surface area contributed by atoms with E-state index in [2.05, 4.69) is 19.2 Å². The molecule has 0 aliphatic heterocycles. The van der Waals surface area contributed by atoms with E-state index in [0.717, 1.165) is 19.3 Å². The smallest absolute Gasteiger partial charge is 0.230 e. The Balaban J connectivity index is 1.69. The van der Waals surface area contributed by atoms with Crippen LogP contribution >= 0.6 is 0 Å². The fourth-order valence-corrected chi connectivity index (χ4v) is 6.63. The Morgan fingerprint density at radius 2 is 1.48 bits per heavy atom. The number of nitrogens with one attached hydrogen (secondary N) is 1. The Kier molecular flexibility index (Phi) is 3.36. The van der Waals surface area contributed by atoms with Gasteiger partial charge in [0, 0.05) is 6.07 Å². The van der Waals surface area contributed by atoms with Gasteiger partial charge in [-0.3, -0.25) is 4.79 Å². The van der Waals surface area contributed by atoms with E-state index in [1.165, 1.54) is 0 Å². The highest BCUT2D eigenvalue weighted by Crippen LogP contribution is 2.69. The third kappa shape index (κ3) is 2.48. The Labute approximate surface area is 144 Å². The molecule has 1 N–H and O–H groups in total. The summed E-state index contributed by atoms with van der Waals surface area (Å²) in [6.07, 6.45) is 5.15. The van der Waals surface area contributed by atoms with Crippen molar-refractivity contribution < 1.29 is 22.4 Å². The Morgan fingerprint density at radius 1 is 0.960 bits per heavy atom. The molecule has 0 radical (unpaired) electrons. The van der Waals surface area contributed by atoms with Crippen molar-refractivity contribution in [3.63, 3.8) is 0 Å². The summed E-state index contributed by atoms with van der Waals surface area (Å²) >= 11 is 0. The first kappa shape index (κ1) is 16.9. The van der Waals surface area contributed by atoms with Gasteiger partial charge in [0.15, 0.2) is 23.3 Å². The second-order valence-corrected chi connectivity index (χ2v) is 9.21. The van der Waals surface area contributed by atoms with Crippen LogP contribution in [0.15, 0.2) is 6.07 Å². The highest BCUT2D eigenvalue weighted by molar-refractivity contribution is 5.96. The van der Waals surface area contributed by atoms with Crippen LogP contribution in [0.25, 0.3) is 0 Å². The molecular formula is C19H21F4NO. The maximum Gasteiger partial charge on any atom is 0.230 e. The first-order valence-corrected chi connectivity index (χ1v) is 8.69. The van der Waals surface area contributed by atoms with Gasteiger partial charge in [-0.25, -0.2) is 17.6 Å². The summed E-state index contributed by atoms with van der Waals surface area (Å²) < 4.78 is 54.7. The molecule has 1 aromatic rings. The van der Waals surface area contributed by atoms with Gasteiger partial charge >= 0.3 is 0 Å². The fraction of sp³-hybridized carbons (Fsp3) is 0.632. The zero-order valence-corrected chi connectivity index (χ0v) is 14.3. The molecular weight excluding hydrogens is 334 g/mol. The van der Waals surface area contributed by atoms with Crippen molar-refractivity contribution in [2.24, 2.45) is 22.2 Å². The minimum atomic E-state index is -1.56. The van der Waals surface area contributed by atoms with Crippen LogP contribution in [-0.4, -0.2) is 5.91 Å². The first-order chi connectivity index (χ1) is 11.5. The van der Waals surface area contributed by atoms with Crippen molar-refractivity contribution in [2.75, 3.05) is 5.32 Å². The molecule has 2 atom stereocenters. The number of rotatable bonds is 2. The molecule has 0 aromatic heterocycles. The lowest BCUT2D eigenvalue weighted by Gasteiger charge is -2.64. The van der Waals surface area contributed by atoms with E-state index in [4.69, 9.17) is 0 Å². The molecule has 6 heteroatoms. The molecule has 0 saturated heterocycles. The molecule has 2 unspecified atom stereocenters. The Hall–Kier alpha value is -1.59. The molecule has 4 saturated carbocycles. The number of carbonyl (C=O) groups excluding carboxylic acids is 1. The van der Waals surface area contributed by atoms with E-state index < -0.39 is 40.3 Å². The lowest BCUT2D eigenvalue weighted by molar-refractivity contribution is -0.165. The lowest BCUT2D eigenvalue weighted by Crippen LogP contribution is -2.58. The maximum atomic E-state index is 13.9. The average Bonchev–Trinajstić information content (AvgIpc) is 2.45. The van der Waals surface area contributed by atoms with E-state index in [1.54, 1.807) is 0 Å². The molecule has 4 fully saturated rings. The van der Waals surface area contributed by atoms with Crippen molar-refractivity contribution in [2.45, 2.75) is 52.4 Å². The second-order valence-electron chi connectivity index (χ2n) is 9.21. The fourth-order valence-electron chi connectivity index (χ4n) is 6.63. The van der Waals surface area contributed by atoms with Crippen LogP contribution in [0.1, 0.15) is 52.4 Å². The van der Waals surface area contributed by atoms with E-state index in [1.807, 2.05) is 0 Å². The number of amides is 1. The molecule has 2 nitrogen and oxygen atoms in total. The van der Waals surface area contributed by atoms with Crippen LogP contribution in [0.4, 0.5) is 23.2 Å². The van der Waals surface area contributed by atoms with Crippen LogP contribution in [-0.2, 0) is 4.79 Å². The first-order valence-electron chi connectivity index (χ1n) is 8.69. The number of carbonyl (C=O) groups is 1. The molecule has 1 amide bonds. The van der Waals surface area contributed by atoms with Crippen molar-refractivity contribution in [3.05, 3.63) is 29.3 Å². The summed E-state index contributed by atoms with van der Waals surface area (Å²) in [5.41, 5.74) is -1.66. The number of hydrogen-bond donors (Lipinski definition) is 1. The quantitative estimate of drug-likeness (QED) is 0.575. The summed E-state index contributed by atoms with van der Waals surface area (Å²) in [6, 6.07) is 0.146. The predicted molar refractivity (Wildman–Crippen MR) is 84.7 cm³/mol. The molecule has 5 rings (SSSR count). The minimum absolute atomic E-state index is 0.0375. The van der Waals surface area contributed by atoms with Gasteiger partial charge in [-0.2, -0.15) is 0 Å². The highest BCUT2D eigenvalue weighted by Gasteiger charge is 2.62. The molecule has 0 heterocycles. The number of anilines is 1. The molecule has 4 aliphatic carbocycles. The van der Waals surface area contributed by atoms with Gasteiger partial charge in [-0.1, -0.05) is 13.8 Å². The molecule has 4 bridgehead atoms. The van der Waals surface area contributed by atoms with Crippen LogP contribution in [0.3, 0.4) is 0 Å². The number of hydrogen-bond acceptors (Lipinski definition) is 1. The van der Waals surface area contributed by atoms with Gasteiger partial charge in [0.2, 0.25) is 5.91 Å². The predicted octanol–water partition coefficient (Wildman–Crippen LogP) is 5.18. The van der Waals surface area contributed by atoms with Gasteiger partial charge in [0.25, 0.3) is 0 Å². The van der Waals surface area contributed by atoms with Crippen molar-refractivity contribution in [1.29, 1.82) is 0 Å².